The van der Waals surface area contributed by atoms with E-state index in [1.165, 1.54) is 37.4 Å². The van der Waals surface area contributed by atoms with Gasteiger partial charge in [0.2, 0.25) is 0 Å². The first-order valence-electron chi connectivity index (χ1n) is 6.06. The van der Waals surface area contributed by atoms with Gasteiger partial charge in [0.15, 0.2) is 0 Å². The summed E-state index contributed by atoms with van der Waals surface area (Å²) in [5, 5.41) is 5.08. The smallest absolute Gasteiger partial charge is 0.257 e. The predicted octanol–water partition coefficient (Wildman–Crippen LogP) is 3.57. The Bertz CT molecular complexity index is 656. The van der Waals surface area contributed by atoms with Gasteiger partial charge >= 0.3 is 0 Å². The second-order valence-electron chi connectivity index (χ2n) is 4.35. The van der Waals surface area contributed by atoms with Crippen LogP contribution in [-0.4, -0.2) is 13.0 Å². The molecule has 2 rings (SSSR count). The number of aryl methyl sites for hydroxylation is 1. The summed E-state index contributed by atoms with van der Waals surface area (Å²) in [6.07, 6.45) is 0. The Labute approximate surface area is 115 Å². The molecule has 2 aromatic carbocycles. The number of halogens is 2. The Kier molecular flexibility index (Phi) is 3.98. The molecule has 0 saturated carbocycles. The molecule has 2 aromatic rings. The lowest BCUT2D eigenvalue weighted by molar-refractivity contribution is 0.102. The van der Waals surface area contributed by atoms with E-state index in [4.69, 9.17) is 0 Å². The predicted molar refractivity (Wildman–Crippen MR) is 75.0 cm³/mol. The normalized spacial score (nSPS) is 10.2. The van der Waals surface area contributed by atoms with Gasteiger partial charge in [0.25, 0.3) is 5.91 Å². The Morgan fingerprint density at radius 2 is 1.85 bits per heavy atom. The highest BCUT2D eigenvalue weighted by Crippen LogP contribution is 2.22. The van der Waals surface area contributed by atoms with Crippen molar-refractivity contribution in [2.24, 2.45) is 0 Å². The van der Waals surface area contributed by atoms with Gasteiger partial charge in [-0.15, -0.1) is 0 Å². The lowest BCUT2D eigenvalue weighted by Crippen LogP contribution is -2.15. The van der Waals surface area contributed by atoms with E-state index in [0.717, 1.165) is 5.56 Å². The summed E-state index contributed by atoms with van der Waals surface area (Å²) >= 11 is 0. The number of rotatable bonds is 3. The standard InChI is InChI=1S/C15H14F2N2O/c1-9-6-7-11(16)13(8-9)19-15(20)10-4-3-5-12(17)14(10)18-2/h3-8,18H,1-2H3,(H,19,20). The van der Waals surface area contributed by atoms with Crippen LogP contribution in [0, 0.1) is 18.6 Å². The van der Waals surface area contributed by atoms with Crippen LogP contribution in [-0.2, 0) is 0 Å². The Morgan fingerprint density at radius 1 is 1.10 bits per heavy atom. The largest absolute Gasteiger partial charge is 0.385 e. The average molecular weight is 276 g/mol. The van der Waals surface area contributed by atoms with Gasteiger partial charge in [0, 0.05) is 7.05 Å². The van der Waals surface area contributed by atoms with Gasteiger partial charge in [-0.2, -0.15) is 0 Å². The van der Waals surface area contributed by atoms with Crippen molar-refractivity contribution in [2.45, 2.75) is 6.92 Å². The van der Waals surface area contributed by atoms with Gasteiger partial charge in [-0.1, -0.05) is 12.1 Å². The maximum absolute atomic E-state index is 13.6. The van der Waals surface area contributed by atoms with Gasteiger partial charge in [-0.3, -0.25) is 4.79 Å². The lowest BCUT2D eigenvalue weighted by atomic mass is 10.1. The van der Waals surface area contributed by atoms with Crippen molar-refractivity contribution in [2.75, 3.05) is 17.7 Å². The van der Waals surface area contributed by atoms with E-state index in [-0.39, 0.29) is 16.9 Å². The van der Waals surface area contributed by atoms with Crippen molar-refractivity contribution in [3.05, 3.63) is 59.2 Å². The van der Waals surface area contributed by atoms with Crippen LogP contribution in [0.25, 0.3) is 0 Å². The number of anilines is 2. The molecule has 0 aliphatic rings. The van der Waals surface area contributed by atoms with Crippen LogP contribution < -0.4 is 10.6 Å². The molecule has 0 atom stereocenters. The third-order valence-electron chi connectivity index (χ3n) is 2.88. The molecule has 0 unspecified atom stereocenters. The van der Waals surface area contributed by atoms with Gasteiger partial charge in [-0.05, 0) is 36.8 Å². The number of carbonyl (C=O) groups is 1. The molecule has 104 valence electrons. The van der Waals surface area contributed by atoms with Crippen LogP contribution in [0.3, 0.4) is 0 Å². The van der Waals surface area contributed by atoms with Gasteiger partial charge in [0.05, 0.1) is 16.9 Å². The van der Waals surface area contributed by atoms with E-state index in [2.05, 4.69) is 10.6 Å². The van der Waals surface area contributed by atoms with Crippen LogP contribution >= 0.6 is 0 Å². The summed E-state index contributed by atoms with van der Waals surface area (Å²) in [7, 11) is 1.52. The lowest BCUT2D eigenvalue weighted by Gasteiger charge is -2.11. The number of hydrogen-bond donors (Lipinski definition) is 2. The number of amides is 1. The molecule has 0 radical (unpaired) electrons. The van der Waals surface area contributed by atoms with Crippen molar-refractivity contribution in [1.82, 2.24) is 0 Å². The van der Waals surface area contributed by atoms with E-state index < -0.39 is 17.5 Å². The highest BCUT2D eigenvalue weighted by Gasteiger charge is 2.15. The summed E-state index contributed by atoms with van der Waals surface area (Å²) in [4.78, 5) is 12.1. The molecule has 3 nitrogen and oxygen atoms in total. The molecule has 20 heavy (non-hydrogen) atoms. The van der Waals surface area contributed by atoms with Crippen LogP contribution in [0.15, 0.2) is 36.4 Å². The second-order valence-corrected chi connectivity index (χ2v) is 4.35. The van der Waals surface area contributed by atoms with E-state index in [9.17, 15) is 13.6 Å². The molecule has 0 aromatic heterocycles. The molecule has 0 aliphatic carbocycles. The molecule has 0 bridgehead atoms. The molecule has 0 aliphatic heterocycles. The minimum Gasteiger partial charge on any atom is -0.385 e. The molecule has 1 amide bonds. The number of benzene rings is 2. The quantitative estimate of drug-likeness (QED) is 0.899. The van der Waals surface area contributed by atoms with Crippen molar-refractivity contribution in [3.63, 3.8) is 0 Å². The molecule has 2 N–H and O–H groups in total. The van der Waals surface area contributed by atoms with Crippen molar-refractivity contribution >= 4 is 17.3 Å². The molecule has 5 heteroatoms. The van der Waals surface area contributed by atoms with E-state index in [1.54, 1.807) is 13.0 Å². The topological polar surface area (TPSA) is 41.1 Å². The second kappa shape index (κ2) is 5.69. The first-order chi connectivity index (χ1) is 9.52. The SMILES string of the molecule is CNc1c(F)cccc1C(=O)Nc1cc(C)ccc1F. The van der Waals surface area contributed by atoms with E-state index in [0.29, 0.717) is 0 Å². The summed E-state index contributed by atoms with van der Waals surface area (Å²) in [5.74, 6) is -1.64. The fourth-order valence-corrected chi connectivity index (χ4v) is 1.89. The number of nitrogens with one attached hydrogen (secondary N) is 2. The Morgan fingerprint density at radius 3 is 2.55 bits per heavy atom. The van der Waals surface area contributed by atoms with Crippen molar-refractivity contribution < 1.29 is 13.6 Å². The first kappa shape index (κ1) is 14.0. The highest BCUT2D eigenvalue weighted by atomic mass is 19.1. The van der Waals surface area contributed by atoms with E-state index >= 15 is 0 Å². The molecule has 0 heterocycles. The average Bonchev–Trinajstić information content (AvgIpc) is 2.42. The monoisotopic (exact) mass is 276 g/mol. The number of para-hydroxylation sites is 1. The summed E-state index contributed by atoms with van der Waals surface area (Å²) in [6.45, 7) is 1.79. The zero-order chi connectivity index (χ0) is 14.7. The number of hydrogen-bond acceptors (Lipinski definition) is 2. The fraction of sp³-hybridized carbons (Fsp3) is 0.133. The van der Waals surface area contributed by atoms with Crippen LogP contribution in [0.5, 0.6) is 0 Å². The zero-order valence-corrected chi connectivity index (χ0v) is 11.1. The van der Waals surface area contributed by atoms with Crippen LogP contribution in [0.1, 0.15) is 15.9 Å². The molecule has 0 fully saturated rings. The summed E-state index contributed by atoms with van der Waals surface area (Å²) < 4.78 is 27.2. The fourth-order valence-electron chi connectivity index (χ4n) is 1.89. The molecule has 0 spiro atoms. The van der Waals surface area contributed by atoms with E-state index in [1.807, 2.05) is 0 Å². The van der Waals surface area contributed by atoms with Crippen molar-refractivity contribution in [1.29, 1.82) is 0 Å². The molecular weight excluding hydrogens is 262 g/mol. The maximum atomic E-state index is 13.6. The van der Waals surface area contributed by atoms with Gasteiger partial charge in [0.1, 0.15) is 11.6 Å². The maximum Gasteiger partial charge on any atom is 0.257 e. The minimum absolute atomic E-state index is 0.0707. The molecule has 0 saturated heterocycles. The van der Waals surface area contributed by atoms with Crippen LogP contribution in [0.4, 0.5) is 20.2 Å². The van der Waals surface area contributed by atoms with Gasteiger partial charge < -0.3 is 10.6 Å². The summed E-state index contributed by atoms with van der Waals surface area (Å²) in [6, 6.07) is 8.54. The third kappa shape index (κ3) is 2.77. The molecular formula is C15H14F2N2O. The third-order valence-corrected chi connectivity index (χ3v) is 2.88. The zero-order valence-electron chi connectivity index (χ0n) is 11.1. The Balaban J connectivity index is 2.33. The minimum atomic E-state index is -0.571. The Hall–Kier alpha value is -2.43. The van der Waals surface area contributed by atoms with Gasteiger partial charge in [-0.25, -0.2) is 8.78 Å². The van der Waals surface area contributed by atoms with Crippen molar-refractivity contribution in [3.8, 4) is 0 Å². The summed E-state index contributed by atoms with van der Waals surface area (Å²) in [5.41, 5.74) is 1.09. The number of carbonyl (C=O) groups excluding carboxylic acids is 1. The van der Waals surface area contributed by atoms with Crippen LogP contribution in [0.2, 0.25) is 0 Å². The highest BCUT2D eigenvalue weighted by molar-refractivity contribution is 6.08. The first-order valence-corrected chi connectivity index (χ1v) is 6.06.